The molecule has 0 saturated carbocycles. The predicted octanol–water partition coefficient (Wildman–Crippen LogP) is 6.83. The number of nitrogens with zero attached hydrogens (tertiary/aromatic N) is 4. The van der Waals surface area contributed by atoms with Gasteiger partial charge < -0.3 is 28.4 Å². The van der Waals surface area contributed by atoms with E-state index >= 15 is 0 Å². The van der Waals surface area contributed by atoms with E-state index in [-0.39, 0.29) is 17.8 Å². The number of para-hydroxylation sites is 2. The number of anilines is 2. The number of hydrogen-bond acceptors (Lipinski definition) is 6. The molecule has 2 aromatic heterocycles. The van der Waals surface area contributed by atoms with Crippen LogP contribution in [0, 0.1) is 0 Å². The van der Waals surface area contributed by atoms with E-state index in [9.17, 15) is 9.59 Å². The molecule has 8 heteroatoms. The quantitative estimate of drug-likeness (QED) is 0.199. The van der Waals surface area contributed by atoms with Crippen molar-refractivity contribution in [3.05, 3.63) is 96.2 Å². The van der Waals surface area contributed by atoms with E-state index < -0.39 is 11.9 Å². The van der Waals surface area contributed by atoms with E-state index in [0.29, 0.717) is 6.67 Å². The van der Waals surface area contributed by atoms with Crippen molar-refractivity contribution >= 4 is 66.9 Å². The van der Waals surface area contributed by atoms with Crippen LogP contribution in [-0.4, -0.2) is 48.5 Å². The Balaban J connectivity index is 1.41. The molecule has 0 spiro atoms. The molecule has 7 rings (SSSR count). The van der Waals surface area contributed by atoms with Crippen molar-refractivity contribution in [3.63, 3.8) is 0 Å². The summed E-state index contributed by atoms with van der Waals surface area (Å²) in [5.74, 6) is -1.14. The summed E-state index contributed by atoms with van der Waals surface area (Å²) in [5.41, 5.74) is 6.77. The number of aryl methyl sites for hydroxylation is 2. The number of fused-ring (bicyclic) bond motifs is 6. The van der Waals surface area contributed by atoms with Gasteiger partial charge in [0.25, 0.3) is 0 Å². The number of benzene rings is 4. The lowest BCUT2D eigenvalue weighted by Crippen LogP contribution is -2.48. The van der Waals surface area contributed by atoms with Crippen LogP contribution in [0.1, 0.15) is 13.8 Å². The van der Waals surface area contributed by atoms with Crippen LogP contribution in [0.4, 0.5) is 11.4 Å². The number of aromatic nitrogens is 2. The van der Waals surface area contributed by atoms with E-state index in [4.69, 9.17) is 9.47 Å². The molecule has 1 aliphatic heterocycles. The van der Waals surface area contributed by atoms with Gasteiger partial charge in [-0.25, -0.2) is 9.59 Å². The van der Waals surface area contributed by atoms with Crippen molar-refractivity contribution in [2.75, 3.05) is 37.2 Å². The van der Waals surface area contributed by atoms with E-state index in [1.54, 1.807) is 0 Å². The molecule has 3 heterocycles. The van der Waals surface area contributed by atoms with Crippen molar-refractivity contribution < 1.29 is 19.1 Å². The summed E-state index contributed by atoms with van der Waals surface area (Å²) in [6, 6.07) is 29.3. The largest absolute Gasteiger partial charge is 0.466 e. The lowest BCUT2D eigenvalue weighted by molar-refractivity contribution is -0.139. The summed E-state index contributed by atoms with van der Waals surface area (Å²) >= 11 is 0. The van der Waals surface area contributed by atoms with Crippen LogP contribution in [0.2, 0.25) is 0 Å². The summed E-state index contributed by atoms with van der Waals surface area (Å²) < 4.78 is 15.0. The first kappa shape index (κ1) is 27.6. The van der Waals surface area contributed by atoms with Gasteiger partial charge in [0, 0.05) is 68.1 Å². The Morgan fingerprint density at radius 2 is 1.14 bits per heavy atom. The van der Waals surface area contributed by atoms with Crippen molar-refractivity contribution in [3.8, 4) is 0 Å². The van der Waals surface area contributed by atoms with E-state index in [1.165, 1.54) is 25.1 Å². The highest BCUT2D eigenvalue weighted by atomic mass is 16.5. The van der Waals surface area contributed by atoms with Crippen molar-refractivity contribution in [1.82, 2.24) is 9.13 Å². The number of ether oxygens (including phenoxy) is 2. The molecule has 1 aliphatic rings. The van der Waals surface area contributed by atoms with Gasteiger partial charge in [-0.15, -0.1) is 0 Å². The Bertz CT molecular complexity index is 2140. The van der Waals surface area contributed by atoms with Crippen LogP contribution < -0.4 is 9.80 Å². The molecule has 4 aromatic carbocycles. The molecule has 0 radical (unpaired) electrons. The summed E-state index contributed by atoms with van der Waals surface area (Å²) in [6.07, 6.45) is 0. The Labute approximate surface area is 255 Å². The standard InChI is InChI=1S/C36H34N4O4/c1-5-38-30-13-9-7-11-25(30)27-19-23(15-17-32(27)38)37-21-29(35(41)43-3)34(36(42)44-4)40(22-37)24-16-18-33-28(20-24)26-12-8-10-14-31(26)39(33)6-2/h7-20H,5-6,21-22H2,1-4H3. The third kappa shape index (κ3) is 4.12. The maximum Gasteiger partial charge on any atom is 0.355 e. The molecule has 0 unspecified atom stereocenters. The van der Waals surface area contributed by atoms with Gasteiger partial charge in [0.15, 0.2) is 0 Å². The topological polar surface area (TPSA) is 68.9 Å². The fraction of sp³-hybridized carbons (Fsp3) is 0.222. The summed E-state index contributed by atoms with van der Waals surface area (Å²) in [6.45, 7) is 6.51. The van der Waals surface area contributed by atoms with Crippen LogP contribution >= 0.6 is 0 Å². The van der Waals surface area contributed by atoms with Crippen LogP contribution in [0.5, 0.6) is 0 Å². The summed E-state index contributed by atoms with van der Waals surface area (Å²) in [5, 5.41) is 4.53. The van der Waals surface area contributed by atoms with Crippen molar-refractivity contribution in [2.24, 2.45) is 0 Å². The molecule has 0 aliphatic carbocycles. The Morgan fingerprint density at radius 3 is 1.68 bits per heavy atom. The maximum absolute atomic E-state index is 13.4. The number of carbonyl (C=O) groups is 2. The molecule has 0 atom stereocenters. The average molecular weight is 587 g/mol. The first-order chi connectivity index (χ1) is 21.5. The first-order valence-electron chi connectivity index (χ1n) is 14.9. The number of rotatable bonds is 6. The molecule has 0 bridgehead atoms. The molecule has 44 heavy (non-hydrogen) atoms. The third-order valence-electron chi connectivity index (χ3n) is 8.85. The van der Waals surface area contributed by atoms with Gasteiger partial charge in [0.2, 0.25) is 0 Å². The molecule has 8 nitrogen and oxygen atoms in total. The molecule has 0 N–H and O–H groups in total. The molecule has 0 amide bonds. The van der Waals surface area contributed by atoms with Gasteiger partial charge in [-0.2, -0.15) is 0 Å². The average Bonchev–Trinajstić information content (AvgIpc) is 3.58. The smallest absolute Gasteiger partial charge is 0.355 e. The van der Waals surface area contributed by atoms with Crippen LogP contribution in [-0.2, 0) is 32.2 Å². The number of esters is 2. The number of carbonyl (C=O) groups excluding carboxylic acids is 2. The third-order valence-corrected chi connectivity index (χ3v) is 8.85. The van der Waals surface area contributed by atoms with Crippen LogP contribution in [0.3, 0.4) is 0 Å². The Hall–Kier alpha value is -5.24. The minimum Gasteiger partial charge on any atom is -0.466 e. The van der Waals surface area contributed by atoms with Gasteiger partial charge in [-0.3, -0.25) is 0 Å². The second-order valence-corrected chi connectivity index (χ2v) is 11.0. The number of methoxy groups -OCH3 is 2. The molecule has 222 valence electrons. The van der Waals surface area contributed by atoms with Gasteiger partial charge in [-0.1, -0.05) is 36.4 Å². The fourth-order valence-corrected chi connectivity index (χ4v) is 6.85. The van der Waals surface area contributed by atoms with Crippen molar-refractivity contribution in [1.29, 1.82) is 0 Å². The molecular weight excluding hydrogens is 552 g/mol. The highest BCUT2D eigenvalue weighted by Gasteiger charge is 2.35. The normalized spacial score (nSPS) is 13.9. The fourth-order valence-electron chi connectivity index (χ4n) is 6.85. The maximum atomic E-state index is 13.4. The van der Waals surface area contributed by atoms with Crippen LogP contribution in [0.15, 0.2) is 96.2 Å². The summed E-state index contributed by atoms with van der Waals surface area (Å²) in [4.78, 5) is 30.6. The monoisotopic (exact) mass is 586 g/mol. The van der Waals surface area contributed by atoms with E-state index in [0.717, 1.165) is 57.2 Å². The van der Waals surface area contributed by atoms with E-state index in [1.807, 2.05) is 23.1 Å². The minimum absolute atomic E-state index is 0.192. The first-order valence-corrected chi connectivity index (χ1v) is 14.9. The zero-order valence-corrected chi connectivity index (χ0v) is 25.3. The van der Waals surface area contributed by atoms with Crippen LogP contribution in [0.25, 0.3) is 43.6 Å². The predicted molar refractivity (Wildman–Crippen MR) is 176 cm³/mol. The van der Waals surface area contributed by atoms with Gasteiger partial charge >= 0.3 is 11.9 Å². The minimum atomic E-state index is -0.581. The highest BCUT2D eigenvalue weighted by molar-refractivity contribution is 6.11. The second kappa shape index (κ2) is 10.8. The molecule has 0 fully saturated rings. The molecule has 0 saturated heterocycles. The van der Waals surface area contributed by atoms with Gasteiger partial charge in [0.1, 0.15) is 5.70 Å². The Morgan fingerprint density at radius 1 is 0.636 bits per heavy atom. The molecular formula is C36H34N4O4. The van der Waals surface area contributed by atoms with Gasteiger partial charge in [0.05, 0.1) is 33.0 Å². The lowest BCUT2D eigenvalue weighted by Gasteiger charge is -2.39. The molecule has 6 aromatic rings. The zero-order chi connectivity index (χ0) is 30.5. The second-order valence-electron chi connectivity index (χ2n) is 11.0. The zero-order valence-electron chi connectivity index (χ0n) is 25.3. The lowest BCUT2D eigenvalue weighted by atomic mass is 10.1. The highest BCUT2D eigenvalue weighted by Crippen LogP contribution is 2.37. The summed E-state index contributed by atoms with van der Waals surface area (Å²) in [7, 11) is 2.68. The Kier molecular flexibility index (Phi) is 6.77. The SMILES string of the molecule is CCn1c2ccccc2c2cc(N3CC(C(=O)OC)=C(C(=O)OC)N(c4ccc5c(c4)c4ccccc4n5CC)C3)ccc21. The van der Waals surface area contributed by atoms with E-state index in [2.05, 4.69) is 94.6 Å². The van der Waals surface area contributed by atoms with Gasteiger partial charge in [-0.05, 0) is 62.4 Å². The van der Waals surface area contributed by atoms with Crippen molar-refractivity contribution in [2.45, 2.75) is 26.9 Å². The number of hydrogen-bond donors (Lipinski definition) is 0.